The predicted octanol–water partition coefficient (Wildman–Crippen LogP) is 2.77. The Morgan fingerprint density at radius 2 is 2.25 bits per heavy atom. The van der Waals surface area contributed by atoms with E-state index in [1.54, 1.807) is 18.2 Å². The van der Waals surface area contributed by atoms with Gasteiger partial charge < -0.3 is 4.52 Å². The van der Waals surface area contributed by atoms with Gasteiger partial charge in [-0.15, -0.1) is 0 Å². The third kappa shape index (κ3) is 2.43. The van der Waals surface area contributed by atoms with Crippen LogP contribution < -0.4 is 0 Å². The highest BCUT2D eigenvalue weighted by Gasteiger charge is 2.39. The molecule has 1 fully saturated rings. The lowest BCUT2D eigenvalue weighted by molar-refractivity contribution is 0.296. The molecule has 7 nitrogen and oxygen atoms in total. The fourth-order valence-corrected chi connectivity index (χ4v) is 5.50. The molecule has 3 heterocycles. The zero-order chi connectivity index (χ0) is 16.7. The average Bonchev–Trinajstić information content (AvgIpc) is 3.31. The highest BCUT2D eigenvalue weighted by atomic mass is 32.2. The molecular formula is C15H16N4O3S2. The molecule has 126 valence electrons. The van der Waals surface area contributed by atoms with E-state index in [1.807, 2.05) is 13.0 Å². The Bertz CT molecular complexity index is 979. The third-order valence-electron chi connectivity index (χ3n) is 4.31. The van der Waals surface area contributed by atoms with Gasteiger partial charge in [-0.2, -0.15) is 13.1 Å². The summed E-state index contributed by atoms with van der Waals surface area (Å²) in [7, 11) is -3.68. The van der Waals surface area contributed by atoms with Gasteiger partial charge in [-0.1, -0.05) is 18.1 Å². The molecule has 3 aromatic rings. The van der Waals surface area contributed by atoms with Crippen LogP contribution in [-0.2, 0) is 16.4 Å². The van der Waals surface area contributed by atoms with E-state index >= 15 is 0 Å². The standard InChI is InChI=1S/C15H16N4O3S2/c1-2-10-9-13(22-16-10)12-6-4-8-19(12)24(20,21)14-7-3-5-11-15(14)18-23-17-11/h3,5,7,9,12H,2,4,6,8H2,1H3/t12-/m1/s1. The van der Waals surface area contributed by atoms with Gasteiger partial charge in [0.2, 0.25) is 10.0 Å². The first kappa shape index (κ1) is 15.7. The van der Waals surface area contributed by atoms with Crippen LogP contribution in [0.5, 0.6) is 0 Å². The topological polar surface area (TPSA) is 89.2 Å². The van der Waals surface area contributed by atoms with Crippen molar-refractivity contribution >= 4 is 32.8 Å². The number of rotatable bonds is 4. The molecule has 0 bridgehead atoms. The molecule has 0 aliphatic carbocycles. The van der Waals surface area contributed by atoms with Gasteiger partial charge in [0.15, 0.2) is 5.76 Å². The second kappa shape index (κ2) is 5.91. The largest absolute Gasteiger partial charge is 0.359 e. The normalized spacial score (nSPS) is 19.3. The summed E-state index contributed by atoms with van der Waals surface area (Å²) in [5.74, 6) is 0.608. The minimum Gasteiger partial charge on any atom is -0.359 e. The molecule has 2 aromatic heterocycles. The Hall–Kier alpha value is -1.84. The number of aromatic nitrogens is 3. The van der Waals surface area contributed by atoms with E-state index in [2.05, 4.69) is 13.9 Å². The van der Waals surface area contributed by atoms with Crippen LogP contribution in [0.25, 0.3) is 11.0 Å². The average molecular weight is 364 g/mol. The van der Waals surface area contributed by atoms with Gasteiger partial charge in [-0.05, 0) is 31.4 Å². The second-order valence-electron chi connectivity index (χ2n) is 5.74. The zero-order valence-corrected chi connectivity index (χ0v) is 14.7. The summed E-state index contributed by atoms with van der Waals surface area (Å²) < 4.78 is 41.6. The molecule has 24 heavy (non-hydrogen) atoms. The van der Waals surface area contributed by atoms with Gasteiger partial charge in [0, 0.05) is 12.6 Å². The Labute approximate surface area is 143 Å². The summed E-state index contributed by atoms with van der Waals surface area (Å²) in [6.07, 6.45) is 2.27. The summed E-state index contributed by atoms with van der Waals surface area (Å²) >= 11 is 1.02. The fourth-order valence-electron chi connectivity index (χ4n) is 3.08. The highest BCUT2D eigenvalue weighted by Crippen LogP contribution is 2.38. The minimum absolute atomic E-state index is 0.205. The van der Waals surface area contributed by atoms with Gasteiger partial charge in [0.05, 0.1) is 23.5 Å². The summed E-state index contributed by atoms with van der Waals surface area (Å²) in [6, 6.07) is 6.59. The Kier molecular flexibility index (Phi) is 3.86. The highest BCUT2D eigenvalue weighted by molar-refractivity contribution is 7.89. The second-order valence-corrected chi connectivity index (χ2v) is 8.12. The van der Waals surface area contributed by atoms with E-state index in [0.29, 0.717) is 23.3 Å². The van der Waals surface area contributed by atoms with E-state index in [9.17, 15) is 8.42 Å². The molecule has 4 rings (SSSR count). The molecule has 1 saturated heterocycles. The van der Waals surface area contributed by atoms with Crippen molar-refractivity contribution in [3.05, 3.63) is 35.7 Å². The Balaban J connectivity index is 1.77. The number of aryl methyl sites for hydroxylation is 1. The summed E-state index contributed by atoms with van der Waals surface area (Å²) in [5, 5.41) is 3.99. The predicted molar refractivity (Wildman–Crippen MR) is 89.2 cm³/mol. The molecule has 0 N–H and O–H groups in total. The molecule has 0 saturated carbocycles. The summed E-state index contributed by atoms with van der Waals surface area (Å²) in [4.78, 5) is 0.205. The maximum Gasteiger partial charge on any atom is 0.246 e. The molecule has 0 spiro atoms. The van der Waals surface area contributed by atoms with Crippen molar-refractivity contribution < 1.29 is 12.9 Å². The number of fused-ring (bicyclic) bond motifs is 1. The van der Waals surface area contributed by atoms with E-state index in [-0.39, 0.29) is 10.9 Å². The van der Waals surface area contributed by atoms with Crippen LogP contribution in [0.3, 0.4) is 0 Å². The molecule has 1 aliphatic heterocycles. The van der Waals surface area contributed by atoms with Crippen LogP contribution >= 0.6 is 11.7 Å². The first-order valence-corrected chi connectivity index (χ1v) is 9.97. The molecule has 0 unspecified atom stereocenters. The monoisotopic (exact) mass is 364 g/mol. The SMILES string of the molecule is CCc1cc([C@H]2CCCN2S(=O)(=O)c2cccc3nsnc23)on1. The van der Waals surface area contributed by atoms with E-state index in [4.69, 9.17) is 4.52 Å². The van der Waals surface area contributed by atoms with Crippen molar-refractivity contribution in [1.82, 2.24) is 18.2 Å². The fraction of sp³-hybridized carbons (Fsp3) is 0.400. The first-order chi connectivity index (χ1) is 11.6. The Morgan fingerprint density at radius 1 is 1.38 bits per heavy atom. The van der Waals surface area contributed by atoms with Gasteiger partial charge in [0.25, 0.3) is 0 Å². The summed E-state index contributed by atoms with van der Waals surface area (Å²) in [6.45, 7) is 2.45. The number of benzene rings is 1. The van der Waals surface area contributed by atoms with Crippen LogP contribution in [0.2, 0.25) is 0 Å². The molecule has 9 heteroatoms. The number of hydrogen-bond acceptors (Lipinski definition) is 7. The lowest BCUT2D eigenvalue weighted by Crippen LogP contribution is -2.30. The van der Waals surface area contributed by atoms with Crippen molar-refractivity contribution in [3.8, 4) is 0 Å². The van der Waals surface area contributed by atoms with E-state index in [1.165, 1.54) is 4.31 Å². The van der Waals surface area contributed by atoms with Gasteiger partial charge in [-0.3, -0.25) is 0 Å². The van der Waals surface area contributed by atoms with Crippen molar-refractivity contribution in [1.29, 1.82) is 0 Å². The third-order valence-corrected chi connectivity index (χ3v) is 6.79. The minimum atomic E-state index is -3.68. The zero-order valence-electron chi connectivity index (χ0n) is 13.0. The van der Waals surface area contributed by atoms with Crippen LogP contribution in [0, 0.1) is 0 Å². The van der Waals surface area contributed by atoms with Crippen LogP contribution in [0.1, 0.15) is 37.3 Å². The van der Waals surface area contributed by atoms with Crippen LogP contribution in [0.15, 0.2) is 33.7 Å². The van der Waals surface area contributed by atoms with Crippen molar-refractivity contribution in [3.63, 3.8) is 0 Å². The summed E-state index contributed by atoms with van der Waals surface area (Å²) in [5.41, 5.74) is 1.87. The van der Waals surface area contributed by atoms with Crippen molar-refractivity contribution in [2.75, 3.05) is 6.54 Å². The molecule has 1 atom stereocenters. The molecular weight excluding hydrogens is 348 g/mol. The van der Waals surface area contributed by atoms with E-state index in [0.717, 1.165) is 36.7 Å². The molecule has 0 radical (unpaired) electrons. The smallest absolute Gasteiger partial charge is 0.246 e. The van der Waals surface area contributed by atoms with Crippen molar-refractivity contribution in [2.45, 2.75) is 37.1 Å². The Morgan fingerprint density at radius 3 is 3.04 bits per heavy atom. The van der Waals surface area contributed by atoms with Gasteiger partial charge >= 0.3 is 0 Å². The number of hydrogen-bond donors (Lipinski definition) is 0. The van der Waals surface area contributed by atoms with Crippen LogP contribution in [0.4, 0.5) is 0 Å². The maximum atomic E-state index is 13.2. The van der Waals surface area contributed by atoms with Gasteiger partial charge in [-0.25, -0.2) is 8.42 Å². The molecule has 1 aliphatic rings. The van der Waals surface area contributed by atoms with Crippen LogP contribution in [-0.4, -0.2) is 33.2 Å². The number of sulfonamides is 1. The number of nitrogens with zero attached hydrogens (tertiary/aromatic N) is 4. The van der Waals surface area contributed by atoms with Crippen molar-refractivity contribution in [2.24, 2.45) is 0 Å². The molecule has 0 amide bonds. The lowest BCUT2D eigenvalue weighted by atomic mass is 10.1. The quantitative estimate of drug-likeness (QED) is 0.707. The lowest BCUT2D eigenvalue weighted by Gasteiger charge is -2.22. The van der Waals surface area contributed by atoms with Gasteiger partial charge in [0.1, 0.15) is 15.9 Å². The maximum absolute atomic E-state index is 13.2. The first-order valence-electron chi connectivity index (χ1n) is 7.80. The molecule has 1 aromatic carbocycles. The van der Waals surface area contributed by atoms with E-state index < -0.39 is 10.0 Å².